The molecule has 168 valence electrons. The molecule has 6 heteroatoms. The van der Waals surface area contributed by atoms with Gasteiger partial charge in [-0.05, 0) is 48.6 Å². The minimum atomic E-state index is -1.16. The van der Waals surface area contributed by atoms with Crippen LogP contribution in [0.25, 0.3) is 0 Å². The molecule has 2 aliphatic rings. The summed E-state index contributed by atoms with van der Waals surface area (Å²) < 4.78 is 0. The van der Waals surface area contributed by atoms with Gasteiger partial charge in [-0.3, -0.25) is 24.3 Å². The zero-order chi connectivity index (χ0) is 22.7. The van der Waals surface area contributed by atoms with Crippen molar-refractivity contribution in [3.05, 3.63) is 65.5 Å². The number of carbonyl (C=O) groups excluding carboxylic acids is 3. The predicted molar refractivity (Wildman–Crippen MR) is 122 cm³/mol. The van der Waals surface area contributed by atoms with Crippen LogP contribution in [0.4, 0.5) is 0 Å². The third-order valence-electron chi connectivity index (χ3n) is 7.13. The molecule has 1 aliphatic carbocycles. The average Bonchev–Trinajstić information content (AvgIpc) is 3.04. The van der Waals surface area contributed by atoms with E-state index >= 15 is 0 Å². The van der Waals surface area contributed by atoms with Crippen molar-refractivity contribution < 1.29 is 14.4 Å². The maximum absolute atomic E-state index is 13.8. The summed E-state index contributed by atoms with van der Waals surface area (Å²) in [6, 6.07) is 11.4. The second-order valence-corrected chi connectivity index (χ2v) is 9.19. The molecule has 2 heterocycles. The fourth-order valence-corrected chi connectivity index (χ4v) is 5.24. The smallest absolute Gasteiger partial charge is 0.241 e. The molecular weight excluding hydrogens is 402 g/mol. The third kappa shape index (κ3) is 4.18. The van der Waals surface area contributed by atoms with Gasteiger partial charge in [0.25, 0.3) is 0 Å². The van der Waals surface area contributed by atoms with Gasteiger partial charge in [0, 0.05) is 38.3 Å². The lowest BCUT2D eigenvalue weighted by Crippen LogP contribution is -2.45. The van der Waals surface area contributed by atoms with Gasteiger partial charge >= 0.3 is 0 Å². The predicted octanol–water partition coefficient (Wildman–Crippen LogP) is 3.77. The number of rotatable bonds is 6. The van der Waals surface area contributed by atoms with E-state index in [1.165, 1.54) is 11.3 Å². The molecule has 0 radical (unpaired) electrons. The Balaban J connectivity index is 1.66. The number of carbonyl (C=O) groups is 3. The number of nitrogens with zero attached hydrogens (tertiary/aromatic N) is 3. The molecule has 0 spiro atoms. The monoisotopic (exact) mass is 433 g/mol. The van der Waals surface area contributed by atoms with E-state index in [1.54, 1.807) is 24.5 Å². The van der Waals surface area contributed by atoms with E-state index in [2.05, 4.69) is 4.98 Å². The number of hydrogen-bond acceptors (Lipinski definition) is 4. The van der Waals surface area contributed by atoms with Crippen LogP contribution in [0.15, 0.2) is 48.8 Å². The van der Waals surface area contributed by atoms with Crippen LogP contribution in [0.2, 0.25) is 0 Å². The number of pyridine rings is 1. The van der Waals surface area contributed by atoms with Crippen LogP contribution in [0, 0.1) is 6.92 Å². The SMILES string of the molecule is Cc1ccccc1C1(CC(=O)N(C)C2CCCCC2)CC(=O)N(Cc2ccncc2)C1=O. The summed E-state index contributed by atoms with van der Waals surface area (Å²) in [5.41, 5.74) is 1.39. The fraction of sp³-hybridized carbons (Fsp3) is 0.462. The first kappa shape index (κ1) is 22.2. The quantitative estimate of drug-likeness (QED) is 0.650. The van der Waals surface area contributed by atoms with E-state index in [1.807, 2.05) is 43.1 Å². The van der Waals surface area contributed by atoms with Crippen molar-refractivity contribution >= 4 is 17.7 Å². The highest BCUT2D eigenvalue weighted by atomic mass is 16.2. The molecule has 1 aliphatic heterocycles. The van der Waals surface area contributed by atoms with Crippen molar-refractivity contribution in [3.8, 4) is 0 Å². The van der Waals surface area contributed by atoms with Crippen LogP contribution >= 0.6 is 0 Å². The Hall–Kier alpha value is -3.02. The summed E-state index contributed by atoms with van der Waals surface area (Å²) >= 11 is 0. The molecule has 6 nitrogen and oxygen atoms in total. The molecule has 1 saturated heterocycles. The highest BCUT2D eigenvalue weighted by molar-refractivity contribution is 6.10. The molecule has 1 unspecified atom stereocenters. The Labute approximate surface area is 189 Å². The Morgan fingerprint density at radius 2 is 1.78 bits per heavy atom. The van der Waals surface area contributed by atoms with Gasteiger partial charge in [-0.1, -0.05) is 43.5 Å². The largest absolute Gasteiger partial charge is 0.343 e. The minimum absolute atomic E-state index is 0.0161. The van der Waals surface area contributed by atoms with Gasteiger partial charge in [0.05, 0.1) is 12.0 Å². The van der Waals surface area contributed by atoms with Crippen LogP contribution in [0.5, 0.6) is 0 Å². The molecular formula is C26H31N3O3. The number of hydrogen-bond donors (Lipinski definition) is 0. The van der Waals surface area contributed by atoms with Gasteiger partial charge in [-0.2, -0.15) is 0 Å². The van der Waals surface area contributed by atoms with Gasteiger partial charge in [-0.15, -0.1) is 0 Å². The number of amides is 3. The summed E-state index contributed by atoms with van der Waals surface area (Å²) in [5, 5.41) is 0. The first-order valence-electron chi connectivity index (χ1n) is 11.5. The number of imide groups is 1. The minimum Gasteiger partial charge on any atom is -0.343 e. The molecule has 0 N–H and O–H groups in total. The van der Waals surface area contributed by atoms with Crippen molar-refractivity contribution in [2.75, 3.05) is 7.05 Å². The fourth-order valence-electron chi connectivity index (χ4n) is 5.24. The molecule has 1 aromatic heterocycles. The van der Waals surface area contributed by atoms with E-state index in [9.17, 15) is 14.4 Å². The van der Waals surface area contributed by atoms with E-state index in [0.717, 1.165) is 42.4 Å². The number of aryl methyl sites for hydroxylation is 1. The van der Waals surface area contributed by atoms with Crippen molar-refractivity contribution in [2.24, 2.45) is 0 Å². The summed E-state index contributed by atoms with van der Waals surface area (Å²) in [6.45, 7) is 2.14. The van der Waals surface area contributed by atoms with Crippen molar-refractivity contribution in [2.45, 2.75) is 69.9 Å². The van der Waals surface area contributed by atoms with Crippen LogP contribution < -0.4 is 0 Å². The van der Waals surface area contributed by atoms with Gasteiger partial charge in [-0.25, -0.2) is 0 Å². The molecule has 0 bridgehead atoms. The lowest BCUT2D eigenvalue weighted by Gasteiger charge is -2.35. The van der Waals surface area contributed by atoms with E-state index in [0.29, 0.717) is 0 Å². The zero-order valence-electron chi connectivity index (χ0n) is 18.9. The standard InChI is InChI=1S/C26H31N3O3/c1-19-8-6-7-11-22(19)26(16-23(30)28(2)21-9-4-3-5-10-21)17-24(31)29(25(26)32)18-20-12-14-27-15-13-20/h6-8,11-15,21H,3-5,9-10,16-18H2,1-2H3. The van der Waals surface area contributed by atoms with Gasteiger partial charge < -0.3 is 4.90 Å². The second-order valence-electron chi connectivity index (χ2n) is 9.19. The van der Waals surface area contributed by atoms with Crippen LogP contribution in [0.3, 0.4) is 0 Å². The zero-order valence-corrected chi connectivity index (χ0v) is 18.9. The Morgan fingerprint density at radius 3 is 2.47 bits per heavy atom. The highest BCUT2D eigenvalue weighted by Crippen LogP contribution is 2.42. The number of likely N-dealkylation sites (tertiary alicyclic amines) is 1. The summed E-state index contributed by atoms with van der Waals surface area (Å²) in [6.07, 6.45) is 8.80. The molecule has 1 aromatic carbocycles. The van der Waals surface area contributed by atoms with Crippen LogP contribution in [-0.2, 0) is 26.3 Å². The van der Waals surface area contributed by atoms with Crippen LogP contribution in [-0.4, -0.2) is 45.6 Å². The summed E-state index contributed by atoms with van der Waals surface area (Å²) in [4.78, 5) is 47.5. The Bertz CT molecular complexity index is 1000. The molecule has 4 rings (SSSR count). The maximum Gasteiger partial charge on any atom is 0.241 e. The number of benzene rings is 1. The maximum atomic E-state index is 13.8. The van der Waals surface area contributed by atoms with Crippen LogP contribution in [0.1, 0.15) is 61.6 Å². The first-order valence-corrected chi connectivity index (χ1v) is 11.5. The van der Waals surface area contributed by atoms with Crippen molar-refractivity contribution in [1.29, 1.82) is 0 Å². The molecule has 1 saturated carbocycles. The summed E-state index contributed by atoms with van der Waals surface area (Å²) in [5.74, 6) is -0.575. The van der Waals surface area contributed by atoms with Crippen molar-refractivity contribution in [3.63, 3.8) is 0 Å². The number of aromatic nitrogens is 1. The van der Waals surface area contributed by atoms with E-state index in [-0.39, 0.29) is 43.1 Å². The molecule has 2 aromatic rings. The molecule has 1 atom stereocenters. The highest BCUT2D eigenvalue weighted by Gasteiger charge is 2.54. The van der Waals surface area contributed by atoms with Gasteiger partial charge in [0.1, 0.15) is 0 Å². The lowest BCUT2D eigenvalue weighted by atomic mass is 9.73. The lowest BCUT2D eigenvalue weighted by molar-refractivity contribution is -0.143. The average molecular weight is 434 g/mol. The topological polar surface area (TPSA) is 70.6 Å². The normalized spacial score (nSPS) is 21.8. The van der Waals surface area contributed by atoms with E-state index < -0.39 is 5.41 Å². The first-order chi connectivity index (χ1) is 15.4. The second kappa shape index (κ2) is 9.23. The summed E-state index contributed by atoms with van der Waals surface area (Å²) in [7, 11) is 1.85. The molecule has 32 heavy (non-hydrogen) atoms. The van der Waals surface area contributed by atoms with Gasteiger partial charge in [0.2, 0.25) is 17.7 Å². The molecule has 3 amide bonds. The Kier molecular flexibility index (Phi) is 6.40. The third-order valence-corrected chi connectivity index (χ3v) is 7.13. The van der Waals surface area contributed by atoms with E-state index in [4.69, 9.17) is 0 Å². The van der Waals surface area contributed by atoms with Gasteiger partial charge in [0.15, 0.2) is 0 Å². The molecule has 2 fully saturated rings. The Morgan fingerprint density at radius 1 is 1.09 bits per heavy atom. The van der Waals surface area contributed by atoms with Crippen molar-refractivity contribution in [1.82, 2.24) is 14.8 Å².